The zero-order chi connectivity index (χ0) is 13.8. The average molecular weight is 322 g/mol. The number of hydrogen-bond acceptors (Lipinski definition) is 4. The topological polar surface area (TPSA) is 91.2 Å². The maximum absolute atomic E-state index is 11.3. The molecule has 4 N–H and O–H groups in total. The third-order valence-corrected chi connectivity index (χ3v) is 2.90. The maximum Gasteiger partial charge on any atom is 0.252 e. The zero-order valence-electron chi connectivity index (χ0n) is 9.97. The van der Waals surface area contributed by atoms with Crippen molar-refractivity contribution >= 4 is 27.5 Å². The predicted molar refractivity (Wildman–Crippen MR) is 75.6 cm³/mol. The van der Waals surface area contributed by atoms with Gasteiger partial charge in [-0.15, -0.1) is 0 Å². The van der Waals surface area contributed by atoms with Crippen LogP contribution in [-0.4, -0.2) is 10.9 Å². The molecule has 0 spiro atoms. The van der Waals surface area contributed by atoms with Crippen LogP contribution in [-0.2, 0) is 6.61 Å². The lowest BCUT2D eigenvalue weighted by atomic mass is 10.1. The first kappa shape index (κ1) is 13.4. The lowest BCUT2D eigenvalue weighted by Gasteiger charge is -2.10. The Kier molecular flexibility index (Phi) is 4.01. The Morgan fingerprint density at radius 1 is 1.32 bits per heavy atom. The SMILES string of the molecule is NC(=O)c1ccc(N)cc1OCc1ccc(Br)cn1. The van der Waals surface area contributed by atoms with Gasteiger partial charge in [-0.2, -0.15) is 0 Å². The molecule has 2 rings (SSSR count). The van der Waals surface area contributed by atoms with E-state index in [-0.39, 0.29) is 6.61 Å². The third kappa shape index (κ3) is 3.45. The molecule has 0 aliphatic heterocycles. The molecule has 0 aliphatic rings. The minimum Gasteiger partial charge on any atom is -0.486 e. The van der Waals surface area contributed by atoms with E-state index in [2.05, 4.69) is 20.9 Å². The van der Waals surface area contributed by atoms with E-state index in [4.69, 9.17) is 16.2 Å². The summed E-state index contributed by atoms with van der Waals surface area (Å²) in [6, 6.07) is 8.39. The molecule has 98 valence electrons. The van der Waals surface area contributed by atoms with Gasteiger partial charge >= 0.3 is 0 Å². The molecule has 1 aromatic carbocycles. The number of aromatic nitrogens is 1. The number of primary amides is 1. The second-order valence-corrected chi connectivity index (χ2v) is 4.79. The molecule has 5 nitrogen and oxygen atoms in total. The summed E-state index contributed by atoms with van der Waals surface area (Å²) in [6.45, 7) is 0.233. The van der Waals surface area contributed by atoms with Gasteiger partial charge < -0.3 is 16.2 Å². The Morgan fingerprint density at radius 3 is 2.74 bits per heavy atom. The van der Waals surface area contributed by atoms with E-state index < -0.39 is 5.91 Å². The molecule has 2 aromatic rings. The smallest absolute Gasteiger partial charge is 0.252 e. The number of amides is 1. The van der Waals surface area contributed by atoms with Crippen LogP contribution in [0.4, 0.5) is 5.69 Å². The van der Waals surface area contributed by atoms with Crippen LogP contribution in [0.15, 0.2) is 41.0 Å². The number of nitrogen functional groups attached to an aromatic ring is 1. The zero-order valence-corrected chi connectivity index (χ0v) is 11.6. The molecule has 0 saturated carbocycles. The number of carbonyl (C=O) groups excluding carboxylic acids is 1. The lowest BCUT2D eigenvalue weighted by molar-refractivity contribution is 0.0996. The molecule has 0 bridgehead atoms. The van der Waals surface area contributed by atoms with Crippen LogP contribution < -0.4 is 16.2 Å². The molecule has 0 unspecified atom stereocenters. The normalized spacial score (nSPS) is 10.2. The summed E-state index contributed by atoms with van der Waals surface area (Å²) in [5.74, 6) is -0.198. The van der Waals surface area contributed by atoms with Crippen molar-refractivity contribution < 1.29 is 9.53 Å². The number of nitrogens with zero attached hydrogens (tertiary/aromatic N) is 1. The first-order valence-electron chi connectivity index (χ1n) is 5.49. The van der Waals surface area contributed by atoms with Crippen molar-refractivity contribution in [2.45, 2.75) is 6.61 Å². The number of carbonyl (C=O) groups is 1. The van der Waals surface area contributed by atoms with Crippen LogP contribution in [0.1, 0.15) is 16.1 Å². The van der Waals surface area contributed by atoms with Gasteiger partial charge in [-0.1, -0.05) is 0 Å². The standard InChI is InChI=1S/C13H12BrN3O2/c14-8-1-3-10(17-6-8)7-19-12-5-9(15)2-4-11(12)13(16)18/h1-6H,7,15H2,(H2,16,18). The monoisotopic (exact) mass is 321 g/mol. The largest absolute Gasteiger partial charge is 0.486 e. The summed E-state index contributed by atoms with van der Waals surface area (Å²) in [5, 5.41) is 0. The fourth-order valence-electron chi connectivity index (χ4n) is 1.51. The summed E-state index contributed by atoms with van der Waals surface area (Å²) < 4.78 is 6.43. The van der Waals surface area contributed by atoms with Crippen LogP contribution in [0, 0.1) is 0 Å². The summed E-state index contributed by atoms with van der Waals surface area (Å²) in [5.41, 5.74) is 12.5. The summed E-state index contributed by atoms with van der Waals surface area (Å²) in [7, 11) is 0. The number of rotatable bonds is 4. The van der Waals surface area contributed by atoms with Gasteiger partial charge in [-0.05, 0) is 40.2 Å². The number of hydrogen-bond donors (Lipinski definition) is 2. The van der Waals surface area contributed by atoms with Crippen LogP contribution in [0.25, 0.3) is 0 Å². The maximum atomic E-state index is 11.3. The predicted octanol–water partition coefficient (Wildman–Crippen LogP) is 2.10. The van der Waals surface area contributed by atoms with Gasteiger partial charge in [-0.3, -0.25) is 9.78 Å². The first-order chi connectivity index (χ1) is 9.06. The minimum atomic E-state index is -0.557. The van der Waals surface area contributed by atoms with E-state index in [1.54, 1.807) is 24.4 Å². The molecule has 1 aromatic heterocycles. The van der Waals surface area contributed by atoms with Crippen molar-refractivity contribution in [2.24, 2.45) is 5.73 Å². The van der Waals surface area contributed by atoms with Gasteiger partial charge in [0.2, 0.25) is 0 Å². The number of benzene rings is 1. The fraction of sp³-hybridized carbons (Fsp3) is 0.0769. The van der Waals surface area contributed by atoms with E-state index in [1.165, 1.54) is 0 Å². The molecule has 1 heterocycles. The molecule has 6 heteroatoms. The van der Waals surface area contributed by atoms with E-state index >= 15 is 0 Å². The summed E-state index contributed by atoms with van der Waals surface area (Å²) >= 11 is 3.30. The first-order valence-corrected chi connectivity index (χ1v) is 6.28. The highest BCUT2D eigenvalue weighted by molar-refractivity contribution is 9.10. The van der Waals surface area contributed by atoms with Crippen molar-refractivity contribution in [3.8, 4) is 5.75 Å². The summed E-state index contributed by atoms with van der Waals surface area (Å²) in [4.78, 5) is 15.4. The van der Waals surface area contributed by atoms with Crippen molar-refractivity contribution in [2.75, 3.05) is 5.73 Å². The molecular weight excluding hydrogens is 310 g/mol. The van der Waals surface area contributed by atoms with Crippen molar-refractivity contribution in [1.82, 2.24) is 4.98 Å². The van der Waals surface area contributed by atoms with Gasteiger partial charge in [-0.25, -0.2) is 0 Å². The second-order valence-electron chi connectivity index (χ2n) is 3.88. The summed E-state index contributed by atoms with van der Waals surface area (Å²) in [6.07, 6.45) is 1.67. The Hall–Kier alpha value is -2.08. The highest BCUT2D eigenvalue weighted by Crippen LogP contribution is 2.22. The van der Waals surface area contributed by atoms with Gasteiger partial charge in [0.25, 0.3) is 5.91 Å². The highest BCUT2D eigenvalue weighted by atomic mass is 79.9. The van der Waals surface area contributed by atoms with E-state index in [0.29, 0.717) is 17.0 Å². The molecular formula is C13H12BrN3O2. The van der Waals surface area contributed by atoms with Crippen molar-refractivity contribution in [3.05, 3.63) is 52.3 Å². The van der Waals surface area contributed by atoms with Crippen LogP contribution in [0.5, 0.6) is 5.75 Å². The van der Waals surface area contributed by atoms with Crippen LogP contribution >= 0.6 is 15.9 Å². The molecule has 0 atom stereocenters. The number of nitrogens with two attached hydrogens (primary N) is 2. The van der Waals surface area contributed by atoms with Gasteiger partial charge in [0, 0.05) is 22.4 Å². The van der Waals surface area contributed by atoms with Gasteiger partial charge in [0.05, 0.1) is 11.3 Å². The average Bonchev–Trinajstić information content (AvgIpc) is 2.38. The van der Waals surface area contributed by atoms with E-state index in [0.717, 1.165) is 10.2 Å². The van der Waals surface area contributed by atoms with Gasteiger partial charge in [0.15, 0.2) is 0 Å². The highest BCUT2D eigenvalue weighted by Gasteiger charge is 2.10. The van der Waals surface area contributed by atoms with Crippen LogP contribution in [0.2, 0.25) is 0 Å². The molecule has 0 aliphatic carbocycles. The number of ether oxygens (including phenoxy) is 1. The van der Waals surface area contributed by atoms with Crippen molar-refractivity contribution in [1.29, 1.82) is 0 Å². The molecule has 0 saturated heterocycles. The Morgan fingerprint density at radius 2 is 2.11 bits per heavy atom. The molecule has 0 radical (unpaired) electrons. The second kappa shape index (κ2) is 5.71. The quantitative estimate of drug-likeness (QED) is 0.843. The number of anilines is 1. The van der Waals surface area contributed by atoms with Crippen molar-refractivity contribution in [3.63, 3.8) is 0 Å². The fourth-order valence-corrected chi connectivity index (χ4v) is 1.74. The van der Waals surface area contributed by atoms with E-state index in [1.807, 2.05) is 12.1 Å². The number of halogens is 1. The Balaban J connectivity index is 2.16. The molecule has 0 fully saturated rings. The Bertz CT molecular complexity index is 599. The molecule has 19 heavy (non-hydrogen) atoms. The molecule has 1 amide bonds. The van der Waals surface area contributed by atoms with Gasteiger partial charge in [0.1, 0.15) is 12.4 Å². The van der Waals surface area contributed by atoms with Crippen LogP contribution in [0.3, 0.4) is 0 Å². The minimum absolute atomic E-state index is 0.233. The van der Waals surface area contributed by atoms with E-state index in [9.17, 15) is 4.79 Å². The number of pyridine rings is 1. The third-order valence-electron chi connectivity index (χ3n) is 2.44. The lowest BCUT2D eigenvalue weighted by Crippen LogP contribution is -2.13. The Labute approximate surface area is 118 Å².